The second kappa shape index (κ2) is 9.41. The van der Waals surface area contributed by atoms with Crippen molar-refractivity contribution in [2.75, 3.05) is 0 Å². The van der Waals surface area contributed by atoms with Crippen molar-refractivity contribution in [2.24, 2.45) is 23.2 Å². The van der Waals surface area contributed by atoms with Gasteiger partial charge in [0.05, 0.1) is 0 Å². The van der Waals surface area contributed by atoms with Gasteiger partial charge in [-0.15, -0.1) is 0 Å². The first-order chi connectivity index (χ1) is 11.6. The fourth-order valence-corrected chi connectivity index (χ4v) is 4.78. The topological polar surface area (TPSA) is 118 Å². The third-order valence-electron chi connectivity index (χ3n) is 5.95. The van der Waals surface area contributed by atoms with Crippen molar-refractivity contribution < 1.29 is 86.5 Å². The number of hydrogen-bond donors (Lipinski definition) is 1. The van der Waals surface area contributed by atoms with E-state index in [1.165, 1.54) is 11.1 Å². The SMILES string of the molecule is C[C@]12CC[C@H]3C(=CC=C4C=C(O)C=C[C@@H]43)[C@@H]1CCC2=O.O=S(=O)([O-])[O-].[Na+].[Na+]. The van der Waals surface area contributed by atoms with Gasteiger partial charge in [-0.05, 0) is 48.8 Å². The molecule has 0 radical (unpaired) electrons. The maximum atomic E-state index is 12.2. The number of Topliss-reactive ketones (excluding diaryl/α,β-unsaturated/α-hetero) is 1. The van der Waals surface area contributed by atoms with Gasteiger partial charge < -0.3 is 14.2 Å². The third kappa shape index (κ3) is 5.47. The van der Waals surface area contributed by atoms with E-state index in [1.54, 1.807) is 0 Å². The summed E-state index contributed by atoms with van der Waals surface area (Å²) in [7, 11) is -5.17. The Kier molecular flexibility index (Phi) is 8.83. The summed E-state index contributed by atoms with van der Waals surface area (Å²) in [5.74, 6) is 2.18. The summed E-state index contributed by atoms with van der Waals surface area (Å²) in [6.45, 7) is 2.17. The van der Waals surface area contributed by atoms with Crippen molar-refractivity contribution in [1.82, 2.24) is 0 Å². The number of carbonyl (C=O) groups is 1. The number of fused-ring (bicyclic) bond motifs is 5. The second-order valence-corrected chi connectivity index (χ2v) is 8.09. The number of carbonyl (C=O) groups excluding carboxylic acids is 1. The van der Waals surface area contributed by atoms with Crippen molar-refractivity contribution in [2.45, 2.75) is 32.6 Å². The van der Waals surface area contributed by atoms with E-state index in [0.29, 0.717) is 29.3 Å². The molecule has 0 unspecified atom stereocenters. The molecule has 4 aliphatic carbocycles. The van der Waals surface area contributed by atoms with Crippen LogP contribution in [0, 0.1) is 23.2 Å². The van der Waals surface area contributed by atoms with Gasteiger partial charge in [-0.1, -0.05) is 30.7 Å². The zero-order chi connectivity index (χ0) is 18.4. The van der Waals surface area contributed by atoms with E-state index in [4.69, 9.17) is 17.5 Å². The monoisotopic (exact) mass is 410 g/mol. The summed E-state index contributed by atoms with van der Waals surface area (Å²) in [6, 6.07) is 0. The summed E-state index contributed by atoms with van der Waals surface area (Å²) < 4.78 is 34.1. The molecule has 9 heteroatoms. The average Bonchev–Trinajstić information content (AvgIpc) is 2.81. The largest absolute Gasteiger partial charge is 1.00 e. The Hall–Kier alpha value is 0.300. The van der Waals surface area contributed by atoms with Crippen LogP contribution in [0.2, 0.25) is 0 Å². The summed E-state index contributed by atoms with van der Waals surface area (Å²) in [4.78, 5) is 12.2. The van der Waals surface area contributed by atoms with Crippen LogP contribution in [0.1, 0.15) is 32.6 Å². The molecule has 0 amide bonds. The maximum absolute atomic E-state index is 12.2. The van der Waals surface area contributed by atoms with Gasteiger partial charge in [-0.2, -0.15) is 0 Å². The van der Waals surface area contributed by atoms with Crippen molar-refractivity contribution >= 4 is 16.2 Å². The maximum Gasteiger partial charge on any atom is 1.00 e. The van der Waals surface area contributed by atoms with Crippen LogP contribution in [-0.4, -0.2) is 28.4 Å². The van der Waals surface area contributed by atoms with E-state index in [9.17, 15) is 9.90 Å². The first-order valence-electron chi connectivity index (χ1n) is 8.30. The van der Waals surface area contributed by atoms with Crippen molar-refractivity contribution in [3.63, 3.8) is 0 Å². The Balaban J connectivity index is 0.000000468. The van der Waals surface area contributed by atoms with Crippen LogP contribution >= 0.6 is 0 Å². The molecule has 0 saturated heterocycles. The first kappa shape index (κ1) is 25.3. The van der Waals surface area contributed by atoms with E-state index in [0.717, 1.165) is 25.7 Å². The minimum Gasteiger partial charge on any atom is -0.759 e. The summed E-state index contributed by atoms with van der Waals surface area (Å²) in [5, 5.41) is 9.64. The molecular formula is C18H20Na2O6S. The van der Waals surface area contributed by atoms with Crippen LogP contribution in [0.5, 0.6) is 0 Å². The predicted octanol–water partition coefficient (Wildman–Crippen LogP) is -3.45. The fourth-order valence-electron chi connectivity index (χ4n) is 4.78. The van der Waals surface area contributed by atoms with E-state index in [1.807, 2.05) is 12.2 Å². The molecule has 136 valence electrons. The Morgan fingerprint density at radius 1 is 1.19 bits per heavy atom. The normalized spacial score (nSPS) is 33.4. The van der Waals surface area contributed by atoms with Crippen LogP contribution < -0.4 is 59.1 Å². The minimum absolute atomic E-state index is 0. The van der Waals surface area contributed by atoms with Crippen LogP contribution in [0.15, 0.2) is 47.3 Å². The second-order valence-electron chi connectivity index (χ2n) is 7.27. The number of aliphatic hydroxyl groups excluding tert-OH is 1. The molecule has 0 heterocycles. The fraction of sp³-hybridized carbons (Fsp3) is 0.500. The minimum atomic E-state index is -5.17. The first-order valence-corrected chi connectivity index (χ1v) is 9.63. The molecule has 4 aliphatic rings. The molecule has 0 aromatic heterocycles. The van der Waals surface area contributed by atoms with Gasteiger partial charge in [0.25, 0.3) is 0 Å². The Morgan fingerprint density at radius 2 is 1.81 bits per heavy atom. The van der Waals surface area contributed by atoms with E-state index >= 15 is 0 Å². The zero-order valence-electron chi connectivity index (χ0n) is 15.8. The predicted molar refractivity (Wildman–Crippen MR) is 88.5 cm³/mol. The quantitative estimate of drug-likeness (QED) is 0.252. The number of aliphatic hydroxyl groups is 1. The van der Waals surface area contributed by atoms with Gasteiger partial charge in [0.1, 0.15) is 11.5 Å². The van der Waals surface area contributed by atoms with Gasteiger partial charge in [-0.25, -0.2) is 0 Å². The van der Waals surface area contributed by atoms with Gasteiger partial charge >= 0.3 is 59.1 Å². The number of allylic oxidation sites excluding steroid dienone is 7. The molecule has 27 heavy (non-hydrogen) atoms. The van der Waals surface area contributed by atoms with E-state index in [2.05, 4.69) is 25.2 Å². The van der Waals surface area contributed by atoms with Gasteiger partial charge in [0, 0.05) is 28.2 Å². The summed E-state index contributed by atoms with van der Waals surface area (Å²) in [5.41, 5.74) is 2.59. The van der Waals surface area contributed by atoms with Gasteiger partial charge in [0.2, 0.25) is 0 Å². The molecule has 0 bridgehead atoms. The molecule has 1 N–H and O–H groups in total. The van der Waals surface area contributed by atoms with Crippen molar-refractivity contribution in [3.05, 3.63) is 47.3 Å². The average molecular weight is 410 g/mol. The zero-order valence-corrected chi connectivity index (χ0v) is 20.7. The van der Waals surface area contributed by atoms with Gasteiger partial charge in [-0.3, -0.25) is 13.2 Å². The molecule has 4 rings (SSSR count). The summed E-state index contributed by atoms with van der Waals surface area (Å²) in [6.07, 6.45) is 14.1. The van der Waals surface area contributed by atoms with Crippen molar-refractivity contribution in [1.29, 1.82) is 0 Å². The number of hydrogen-bond acceptors (Lipinski definition) is 6. The van der Waals surface area contributed by atoms with E-state index < -0.39 is 10.4 Å². The number of rotatable bonds is 0. The number of ketones is 1. The molecule has 0 aromatic rings. The molecule has 0 spiro atoms. The molecule has 4 atom stereocenters. The van der Waals surface area contributed by atoms with E-state index in [-0.39, 0.29) is 64.5 Å². The smallest absolute Gasteiger partial charge is 0.759 e. The van der Waals surface area contributed by atoms with Crippen LogP contribution in [-0.2, 0) is 15.2 Å². The Morgan fingerprint density at radius 3 is 2.44 bits per heavy atom. The van der Waals surface area contributed by atoms with Crippen LogP contribution in [0.25, 0.3) is 0 Å². The molecular weight excluding hydrogens is 390 g/mol. The molecule has 2 saturated carbocycles. The van der Waals surface area contributed by atoms with Crippen LogP contribution in [0.3, 0.4) is 0 Å². The summed E-state index contributed by atoms with van der Waals surface area (Å²) >= 11 is 0. The van der Waals surface area contributed by atoms with Gasteiger partial charge in [0.15, 0.2) is 0 Å². The third-order valence-corrected chi connectivity index (χ3v) is 5.95. The molecule has 6 nitrogen and oxygen atoms in total. The Labute approximate surface area is 204 Å². The van der Waals surface area contributed by atoms with Crippen LogP contribution in [0.4, 0.5) is 0 Å². The van der Waals surface area contributed by atoms with Crippen molar-refractivity contribution in [3.8, 4) is 0 Å². The standard InChI is InChI=1S/C18H20O2.2Na.H2O4S/c1-18-9-8-14-13-5-3-12(19)10-11(13)2-4-15(14)16(18)6-7-17(18)20;;;1-5(2,3)4/h2-5,10,13-14,16,19H,6-9H2,1H3;;;(H2,1,2,3,4)/q;2*+1;/p-2/t13-,14+,16-,18-;;;/m0.../s1. The molecule has 0 aliphatic heterocycles. The molecule has 2 fully saturated rings. The Bertz CT molecular complexity index is 819. The molecule has 0 aromatic carbocycles.